The SMILES string of the molecule is COc1cc2[nH]cc(C(=O)CCC(=O)N3CCC(c4ccccc4)CC3)c2cc1OC. The van der Waals surface area contributed by atoms with E-state index in [1.54, 1.807) is 26.5 Å². The zero-order valence-electron chi connectivity index (χ0n) is 18.0. The van der Waals surface area contributed by atoms with Gasteiger partial charge in [-0.3, -0.25) is 9.59 Å². The lowest BCUT2D eigenvalue weighted by Crippen LogP contribution is -2.38. The molecular formula is C25H28N2O4. The lowest BCUT2D eigenvalue weighted by atomic mass is 9.89. The van der Waals surface area contributed by atoms with Crippen molar-refractivity contribution in [3.8, 4) is 11.5 Å². The summed E-state index contributed by atoms with van der Waals surface area (Å²) in [5, 5.41) is 0.777. The van der Waals surface area contributed by atoms with Gasteiger partial charge in [0.15, 0.2) is 17.3 Å². The second-order valence-electron chi connectivity index (χ2n) is 7.94. The van der Waals surface area contributed by atoms with E-state index in [1.807, 2.05) is 17.0 Å². The number of nitrogens with one attached hydrogen (secondary N) is 1. The number of ether oxygens (including phenoxy) is 2. The van der Waals surface area contributed by atoms with Crippen LogP contribution in [0, 0.1) is 0 Å². The number of carbonyl (C=O) groups excluding carboxylic acids is 2. The second kappa shape index (κ2) is 9.25. The quantitative estimate of drug-likeness (QED) is 0.569. The smallest absolute Gasteiger partial charge is 0.223 e. The number of Topliss-reactive ketones (excluding diaryl/α,β-unsaturated/α-hetero) is 1. The molecular weight excluding hydrogens is 392 g/mol. The van der Waals surface area contributed by atoms with Gasteiger partial charge in [-0.15, -0.1) is 0 Å². The number of methoxy groups -OCH3 is 2. The fourth-order valence-corrected chi connectivity index (χ4v) is 4.38. The van der Waals surface area contributed by atoms with Gasteiger partial charge in [-0.2, -0.15) is 0 Å². The lowest BCUT2D eigenvalue weighted by Gasteiger charge is -2.32. The lowest BCUT2D eigenvalue weighted by molar-refractivity contribution is -0.132. The number of nitrogens with zero attached hydrogens (tertiary/aromatic N) is 1. The topological polar surface area (TPSA) is 71.6 Å². The summed E-state index contributed by atoms with van der Waals surface area (Å²) in [4.78, 5) is 30.5. The Morgan fingerprint density at radius 2 is 1.68 bits per heavy atom. The number of hydrogen-bond acceptors (Lipinski definition) is 4. The number of benzene rings is 2. The molecule has 1 fully saturated rings. The van der Waals surface area contributed by atoms with E-state index in [2.05, 4.69) is 29.2 Å². The zero-order chi connectivity index (χ0) is 21.8. The number of aromatic amines is 1. The minimum atomic E-state index is -0.0500. The third kappa shape index (κ3) is 4.43. The normalized spacial score (nSPS) is 14.6. The monoisotopic (exact) mass is 420 g/mol. The van der Waals surface area contributed by atoms with Crippen molar-refractivity contribution < 1.29 is 19.1 Å². The number of amides is 1. The third-order valence-electron chi connectivity index (χ3n) is 6.17. The van der Waals surface area contributed by atoms with Crippen LogP contribution < -0.4 is 9.47 Å². The number of H-pyrrole nitrogens is 1. The van der Waals surface area contributed by atoms with Crippen LogP contribution in [-0.2, 0) is 4.79 Å². The Morgan fingerprint density at radius 1 is 1.00 bits per heavy atom. The highest BCUT2D eigenvalue weighted by atomic mass is 16.5. The Balaban J connectivity index is 1.35. The van der Waals surface area contributed by atoms with Crippen molar-refractivity contribution >= 4 is 22.6 Å². The van der Waals surface area contributed by atoms with Gasteiger partial charge in [-0.25, -0.2) is 0 Å². The molecule has 31 heavy (non-hydrogen) atoms. The van der Waals surface area contributed by atoms with Gasteiger partial charge in [-0.05, 0) is 30.4 Å². The molecule has 1 aliphatic heterocycles. The Kier molecular flexibility index (Phi) is 6.26. The van der Waals surface area contributed by atoms with Crippen LogP contribution in [0.1, 0.15) is 47.5 Å². The van der Waals surface area contributed by atoms with Crippen LogP contribution in [0.25, 0.3) is 10.9 Å². The minimum absolute atomic E-state index is 0.0500. The number of fused-ring (bicyclic) bond motifs is 1. The summed E-state index contributed by atoms with van der Waals surface area (Å²) < 4.78 is 10.7. The van der Waals surface area contributed by atoms with E-state index >= 15 is 0 Å². The van der Waals surface area contributed by atoms with Gasteiger partial charge in [0.2, 0.25) is 5.91 Å². The fourth-order valence-electron chi connectivity index (χ4n) is 4.38. The van der Waals surface area contributed by atoms with Crippen molar-refractivity contribution in [2.24, 2.45) is 0 Å². The van der Waals surface area contributed by atoms with Crippen molar-refractivity contribution in [3.63, 3.8) is 0 Å². The van der Waals surface area contributed by atoms with Crippen molar-refractivity contribution in [2.75, 3.05) is 27.3 Å². The largest absolute Gasteiger partial charge is 0.493 e. The first-order chi connectivity index (χ1) is 15.1. The standard InChI is InChI=1S/C25H28N2O4/c1-30-23-14-19-20(16-26-21(19)15-24(23)31-2)22(28)8-9-25(29)27-12-10-18(11-13-27)17-6-4-3-5-7-17/h3-7,14-16,18,26H,8-13H2,1-2H3. The fraction of sp³-hybridized carbons (Fsp3) is 0.360. The molecule has 6 nitrogen and oxygen atoms in total. The maximum absolute atomic E-state index is 12.8. The average molecular weight is 421 g/mol. The predicted molar refractivity (Wildman–Crippen MR) is 120 cm³/mol. The third-order valence-corrected chi connectivity index (χ3v) is 6.17. The van der Waals surface area contributed by atoms with Crippen molar-refractivity contribution in [3.05, 3.63) is 59.8 Å². The van der Waals surface area contributed by atoms with Gasteiger partial charge >= 0.3 is 0 Å². The molecule has 6 heteroatoms. The molecule has 162 valence electrons. The van der Waals surface area contributed by atoms with Crippen molar-refractivity contribution in [1.29, 1.82) is 0 Å². The number of carbonyl (C=O) groups is 2. The molecule has 1 aromatic heterocycles. The van der Waals surface area contributed by atoms with Crippen molar-refractivity contribution in [2.45, 2.75) is 31.6 Å². The Bertz CT molecular complexity index is 1070. The van der Waals surface area contributed by atoms with Gasteiger partial charge in [0.1, 0.15) is 0 Å². The molecule has 0 saturated carbocycles. The van der Waals surface area contributed by atoms with E-state index in [9.17, 15) is 9.59 Å². The molecule has 1 aliphatic rings. The molecule has 1 saturated heterocycles. The van der Waals surface area contributed by atoms with E-state index < -0.39 is 0 Å². The summed E-state index contributed by atoms with van der Waals surface area (Å²) in [6.07, 6.45) is 4.05. The summed E-state index contributed by atoms with van der Waals surface area (Å²) in [5.41, 5.74) is 2.72. The number of piperidine rings is 1. The van der Waals surface area contributed by atoms with Crippen LogP contribution in [0.3, 0.4) is 0 Å². The highest BCUT2D eigenvalue weighted by Crippen LogP contribution is 2.34. The molecule has 0 bridgehead atoms. The first-order valence-electron chi connectivity index (χ1n) is 10.7. The molecule has 3 aromatic rings. The summed E-state index contributed by atoms with van der Waals surface area (Å²) in [6, 6.07) is 14.1. The van der Waals surface area contributed by atoms with Gasteiger partial charge in [0.25, 0.3) is 0 Å². The molecule has 2 heterocycles. The molecule has 1 amide bonds. The zero-order valence-corrected chi connectivity index (χ0v) is 18.0. The summed E-state index contributed by atoms with van der Waals surface area (Å²) in [5.74, 6) is 1.68. The van der Waals surface area contributed by atoms with Gasteiger partial charge in [0.05, 0.1) is 19.7 Å². The number of rotatable bonds is 7. The van der Waals surface area contributed by atoms with Crippen LogP contribution in [0.5, 0.6) is 11.5 Å². The molecule has 0 atom stereocenters. The van der Waals surface area contributed by atoms with E-state index in [4.69, 9.17) is 9.47 Å². The first kappa shape index (κ1) is 21.0. The molecule has 0 aliphatic carbocycles. The summed E-state index contributed by atoms with van der Waals surface area (Å²) in [7, 11) is 3.14. The van der Waals surface area contributed by atoms with Gasteiger partial charge in [0, 0.05) is 49.1 Å². The van der Waals surface area contributed by atoms with Crippen LogP contribution in [0.4, 0.5) is 0 Å². The Hall–Kier alpha value is -3.28. The van der Waals surface area contributed by atoms with E-state index in [0.29, 0.717) is 23.0 Å². The van der Waals surface area contributed by atoms with Crippen LogP contribution >= 0.6 is 0 Å². The summed E-state index contributed by atoms with van der Waals surface area (Å²) in [6.45, 7) is 1.49. The number of ketones is 1. The van der Waals surface area contributed by atoms with Crippen molar-refractivity contribution in [1.82, 2.24) is 9.88 Å². The molecule has 2 aromatic carbocycles. The van der Waals surface area contributed by atoms with Gasteiger partial charge in [-0.1, -0.05) is 30.3 Å². The average Bonchev–Trinajstić information content (AvgIpc) is 3.25. The minimum Gasteiger partial charge on any atom is -0.493 e. The maximum atomic E-state index is 12.8. The molecule has 0 radical (unpaired) electrons. The van der Waals surface area contributed by atoms with E-state index in [1.165, 1.54) is 5.56 Å². The number of aromatic nitrogens is 1. The maximum Gasteiger partial charge on any atom is 0.223 e. The predicted octanol–water partition coefficient (Wildman–Crippen LogP) is 4.55. The Morgan fingerprint density at radius 3 is 2.35 bits per heavy atom. The molecule has 1 N–H and O–H groups in total. The first-order valence-corrected chi connectivity index (χ1v) is 10.7. The van der Waals surface area contributed by atoms with E-state index in [-0.39, 0.29) is 24.5 Å². The molecule has 0 spiro atoms. The van der Waals surface area contributed by atoms with Crippen LogP contribution in [-0.4, -0.2) is 48.9 Å². The van der Waals surface area contributed by atoms with Gasteiger partial charge < -0.3 is 19.4 Å². The second-order valence-corrected chi connectivity index (χ2v) is 7.94. The number of likely N-dealkylation sites (tertiary alicyclic amines) is 1. The highest BCUT2D eigenvalue weighted by molar-refractivity contribution is 6.09. The van der Waals surface area contributed by atoms with E-state index in [0.717, 1.165) is 36.8 Å². The summed E-state index contributed by atoms with van der Waals surface area (Å²) >= 11 is 0. The molecule has 4 rings (SSSR count). The number of hydrogen-bond donors (Lipinski definition) is 1. The molecule has 0 unspecified atom stereocenters. The highest BCUT2D eigenvalue weighted by Gasteiger charge is 2.24. The van der Waals surface area contributed by atoms with Crippen LogP contribution in [0.2, 0.25) is 0 Å². The Labute approximate surface area is 182 Å². The van der Waals surface area contributed by atoms with Crippen LogP contribution in [0.15, 0.2) is 48.7 Å².